The van der Waals surface area contributed by atoms with E-state index in [-0.39, 0.29) is 22.4 Å². The molecule has 9 heteroatoms. The van der Waals surface area contributed by atoms with Gasteiger partial charge in [-0.25, -0.2) is 14.2 Å². The van der Waals surface area contributed by atoms with Crippen LogP contribution in [0.15, 0.2) is 84.9 Å². The summed E-state index contributed by atoms with van der Waals surface area (Å²) < 4.78 is 19.3. The van der Waals surface area contributed by atoms with E-state index in [4.69, 9.17) is 16.3 Å². The Morgan fingerprint density at radius 2 is 1.92 bits per heavy atom. The molecule has 0 aliphatic carbocycles. The Hall–Kier alpha value is -4.69. The number of H-pyrrole nitrogens is 1. The number of allylic oxidation sites excluding steroid dienone is 4. The summed E-state index contributed by atoms with van der Waals surface area (Å²) in [6, 6.07) is 16.4. The van der Waals surface area contributed by atoms with Crippen molar-refractivity contribution in [2.45, 2.75) is 6.54 Å². The molecule has 0 aliphatic rings. The second-order valence-corrected chi connectivity index (χ2v) is 8.45. The number of benzene rings is 3. The number of methoxy groups -OCH3 is 1. The number of halogens is 2. The van der Waals surface area contributed by atoms with Crippen molar-refractivity contribution in [3.05, 3.63) is 119 Å². The van der Waals surface area contributed by atoms with Crippen molar-refractivity contribution in [2.24, 2.45) is 0 Å². The number of carbonyl (C=O) groups is 2. The Kier molecular flexibility index (Phi) is 8.03. The average molecular weight is 532 g/mol. The van der Waals surface area contributed by atoms with Crippen molar-refractivity contribution in [1.29, 1.82) is 0 Å². The molecule has 1 heterocycles. The van der Waals surface area contributed by atoms with Crippen molar-refractivity contribution >= 4 is 45.7 Å². The van der Waals surface area contributed by atoms with E-state index < -0.39 is 17.7 Å². The maximum absolute atomic E-state index is 14.2. The molecule has 4 rings (SSSR count). The number of carboxylic acid groups (broad SMARTS) is 1. The first-order valence-corrected chi connectivity index (χ1v) is 11.9. The number of fused-ring (bicyclic) bond motifs is 1. The van der Waals surface area contributed by atoms with Crippen LogP contribution in [0, 0.1) is 5.82 Å². The standard InChI is InChI=1S/C29H23ClFN3O4/c1-17(21(9-6-12-30)27-33-24-14-23(31)26(38-2)15-25(24)34-27)20-11-10-19(13-22(20)29(36)37)28(35)32-16-18-7-4-3-5-8-18/h3-15H,1,16H2,2H3,(H,32,35)(H,33,34)(H,36,37)/b12-6-,21-9+. The van der Waals surface area contributed by atoms with Crippen LogP contribution in [-0.2, 0) is 6.54 Å². The summed E-state index contributed by atoms with van der Waals surface area (Å²) in [5.41, 5.74) is 4.11. The van der Waals surface area contributed by atoms with Gasteiger partial charge in [0.05, 0.1) is 23.7 Å². The molecule has 192 valence electrons. The maximum atomic E-state index is 14.2. The predicted octanol–water partition coefficient (Wildman–Crippen LogP) is 6.19. The maximum Gasteiger partial charge on any atom is 0.336 e. The lowest BCUT2D eigenvalue weighted by atomic mass is 9.92. The number of amides is 1. The highest BCUT2D eigenvalue weighted by Gasteiger charge is 2.21. The molecule has 0 unspecified atom stereocenters. The average Bonchev–Trinajstić information content (AvgIpc) is 3.33. The Morgan fingerprint density at radius 1 is 1.16 bits per heavy atom. The summed E-state index contributed by atoms with van der Waals surface area (Å²) in [7, 11) is 1.36. The first kappa shape index (κ1) is 26.4. The zero-order chi connectivity index (χ0) is 27.2. The molecule has 7 nitrogen and oxygen atoms in total. The summed E-state index contributed by atoms with van der Waals surface area (Å²) in [6.45, 7) is 4.40. The number of aromatic amines is 1. The summed E-state index contributed by atoms with van der Waals surface area (Å²) in [6.07, 6.45) is 3.13. The third-order valence-electron chi connectivity index (χ3n) is 5.80. The normalized spacial score (nSPS) is 11.6. The molecule has 0 radical (unpaired) electrons. The van der Waals surface area contributed by atoms with Crippen molar-refractivity contribution in [2.75, 3.05) is 7.11 Å². The third-order valence-corrected chi connectivity index (χ3v) is 5.95. The number of nitrogens with one attached hydrogen (secondary N) is 2. The highest BCUT2D eigenvalue weighted by molar-refractivity contribution is 6.25. The van der Waals surface area contributed by atoms with E-state index in [1.54, 1.807) is 6.08 Å². The SMILES string of the molecule is C=C(/C(=C\C=C/Cl)c1nc2cc(F)c(OC)cc2[nH]1)c1ccc(C(=O)NCc2ccccc2)cc1C(=O)O. The smallest absolute Gasteiger partial charge is 0.336 e. The third kappa shape index (κ3) is 5.66. The van der Waals surface area contributed by atoms with Gasteiger partial charge in [-0.1, -0.05) is 60.7 Å². The Morgan fingerprint density at radius 3 is 2.61 bits per heavy atom. The fraction of sp³-hybridized carbons (Fsp3) is 0.0690. The molecule has 4 aromatic rings. The van der Waals surface area contributed by atoms with Crippen LogP contribution in [0.25, 0.3) is 22.2 Å². The van der Waals surface area contributed by atoms with Crippen molar-refractivity contribution in [3.63, 3.8) is 0 Å². The van der Waals surface area contributed by atoms with Crippen LogP contribution in [0.1, 0.15) is 37.7 Å². The van der Waals surface area contributed by atoms with Crippen molar-refractivity contribution < 1.29 is 23.8 Å². The molecule has 0 spiro atoms. The number of imidazole rings is 1. The highest BCUT2D eigenvalue weighted by atomic mass is 35.5. The van der Waals surface area contributed by atoms with E-state index in [9.17, 15) is 19.1 Å². The summed E-state index contributed by atoms with van der Waals surface area (Å²) in [4.78, 5) is 32.5. The number of aromatic nitrogens is 2. The first-order valence-electron chi connectivity index (χ1n) is 11.4. The predicted molar refractivity (Wildman–Crippen MR) is 146 cm³/mol. The van der Waals surface area contributed by atoms with Crippen LogP contribution in [0.4, 0.5) is 4.39 Å². The van der Waals surface area contributed by atoms with Gasteiger partial charge < -0.3 is 20.1 Å². The number of nitrogens with zero attached hydrogens (tertiary/aromatic N) is 1. The number of aromatic carboxylic acids is 1. The van der Waals surface area contributed by atoms with Crippen molar-refractivity contribution in [1.82, 2.24) is 15.3 Å². The van der Waals surface area contributed by atoms with E-state index in [0.717, 1.165) is 5.56 Å². The molecule has 38 heavy (non-hydrogen) atoms. The first-order chi connectivity index (χ1) is 18.3. The van der Waals surface area contributed by atoms with Crippen molar-refractivity contribution in [3.8, 4) is 5.75 Å². The van der Waals surface area contributed by atoms with E-state index in [1.807, 2.05) is 30.3 Å². The molecular weight excluding hydrogens is 509 g/mol. The van der Waals surface area contributed by atoms with Gasteiger partial charge in [0.15, 0.2) is 11.6 Å². The zero-order valence-corrected chi connectivity index (χ0v) is 21.1. The van der Waals surface area contributed by atoms with Gasteiger partial charge in [0.2, 0.25) is 0 Å². The second-order valence-electron chi connectivity index (χ2n) is 8.20. The van der Waals surface area contributed by atoms with Crippen LogP contribution in [-0.4, -0.2) is 34.1 Å². The minimum atomic E-state index is -1.23. The molecule has 0 atom stereocenters. The van der Waals surface area contributed by atoms with Gasteiger partial charge in [-0.15, -0.1) is 0 Å². The van der Waals surface area contributed by atoms with Crippen LogP contribution >= 0.6 is 11.6 Å². The fourth-order valence-electron chi connectivity index (χ4n) is 3.90. The van der Waals surface area contributed by atoms with Gasteiger partial charge >= 0.3 is 5.97 Å². The number of rotatable bonds is 9. The van der Waals surface area contributed by atoms with E-state index in [1.165, 1.54) is 49.1 Å². The molecule has 0 fully saturated rings. The molecule has 0 saturated carbocycles. The molecule has 0 saturated heterocycles. The van der Waals surface area contributed by atoms with Crippen LogP contribution in [0.5, 0.6) is 5.75 Å². The van der Waals surface area contributed by atoms with Gasteiger partial charge in [-0.2, -0.15) is 0 Å². The Balaban J connectivity index is 1.69. The zero-order valence-electron chi connectivity index (χ0n) is 20.3. The lowest BCUT2D eigenvalue weighted by Gasteiger charge is -2.13. The minimum absolute atomic E-state index is 0.0482. The largest absolute Gasteiger partial charge is 0.494 e. The van der Waals surface area contributed by atoms with Crippen LogP contribution < -0.4 is 10.1 Å². The molecule has 1 aromatic heterocycles. The van der Waals surface area contributed by atoms with Gasteiger partial charge in [-0.3, -0.25) is 4.79 Å². The summed E-state index contributed by atoms with van der Waals surface area (Å²) in [5.74, 6) is -1.86. The van der Waals surface area contributed by atoms with Gasteiger partial charge in [0, 0.05) is 35.3 Å². The molecular formula is C29H23ClFN3O4. The quantitative estimate of drug-likeness (QED) is 0.223. The van der Waals surface area contributed by atoms with Gasteiger partial charge in [-0.05, 0) is 34.9 Å². The number of ether oxygens (including phenoxy) is 1. The lowest BCUT2D eigenvalue weighted by molar-refractivity contribution is 0.0696. The Bertz CT molecular complexity index is 1590. The molecule has 0 bridgehead atoms. The Labute approximate surface area is 222 Å². The topological polar surface area (TPSA) is 104 Å². The number of hydrogen-bond acceptors (Lipinski definition) is 4. The number of hydrogen-bond donors (Lipinski definition) is 3. The van der Waals surface area contributed by atoms with E-state index in [0.29, 0.717) is 34.5 Å². The van der Waals surface area contributed by atoms with E-state index >= 15 is 0 Å². The monoisotopic (exact) mass is 531 g/mol. The minimum Gasteiger partial charge on any atom is -0.494 e. The molecule has 1 amide bonds. The molecule has 3 aromatic carbocycles. The molecule has 3 N–H and O–H groups in total. The van der Waals surface area contributed by atoms with Gasteiger partial charge in [0.1, 0.15) is 5.82 Å². The molecule has 0 aliphatic heterocycles. The summed E-state index contributed by atoms with van der Waals surface area (Å²) >= 11 is 5.74. The van der Waals surface area contributed by atoms with Crippen LogP contribution in [0.3, 0.4) is 0 Å². The van der Waals surface area contributed by atoms with Crippen LogP contribution in [0.2, 0.25) is 0 Å². The number of carboxylic acids is 1. The van der Waals surface area contributed by atoms with E-state index in [2.05, 4.69) is 21.9 Å². The lowest BCUT2D eigenvalue weighted by Crippen LogP contribution is -2.23. The summed E-state index contributed by atoms with van der Waals surface area (Å²) in [5, 5.41) is 12.7. The highest BCUT2D eigenvalue weighted by Crippen LogP contribution is 2.33. The van der Waals surface area contributed by atoms with Gasteiger partial charge in [0.25, 0.3) is 5.91 Å². The second kappa shape index (κ2) is 11.6. The fourth-order valence-corrected chi connectivity index (χ4v) is 3.97. The number of carbonyl (C=O) groups excluding carboxylic acids is 1.